The van der Waals surface area contributed by atoms with Crippen molar-refractivity contribution in [2.24, 2.45) is 0 Å². The third kappa shape index (κ3) is 2.94. The minimum absolute atomic E-state index is 0.795. The molecule has 0 spiro atoms. The summed E-state index contributed by atoms with van der Waals surface area (Å²) in [7, 11) is 0. The van der Waals surface area contributed by atoms with Crippen molar-refractivity contribution in [2.45, 2.75) is 33.2 Å². The van der Waals surface area contributed by atoms with E-state index in [2.05, 4.69) is 64.1 Å². The van der Waals surface area contributed by atoms with Crippen LogP contribution in [0.25, 0.3) is 0 Å². The molecule has 1 aromatic heterocycles. The molecular weight excluding hydrogens is 278 g/mol. The number of halogens is 1. The lowest BCUT2D eigenvalue weighted by atomic mass is 10.2. The van der Waals surface area contributed by atoms with Gasteiger partial charge in [0.05, 0.1) is 6.54 Å². The second-order valence-electron chi connectivity index (χ2n) is 3.94. The maximum absolute atomic E-state index is 4.51. The van der Waals surface area contributed by atoms with Crippen LogP contribution in [-0.4, -0.2) is 14.8 Å². The van der Waals surface area contributed by atoms with Gasteiger partial charge in [0.25, 0.3) is 0 Å². The Morgan fingerprint density at radius 2 is 1.82 bits per heavy atom. The minimum Gasteiger partial charge on any atom is -0.245 e. The van der Waals surface area contributed by atoms with Crippen molar-refractivity contribution in [2.75, 3.05) is 0 Å². The molecule has 0 N–H and O–H groups in total. The highest BCUT2D eigenvalue weighted by molar-refractivity contribution is 9.10. The molecule has 0 saturated heterocycles. The van der Waals surface area contributed by atoms with E-state index in [0.717, 1.165) is 35.5 Å². The van der Waals surface area contributed by atoms with Crippen molar-refractivity contribution in [3.8, 4) is 0 Å². The normalized spacial score (nSPS) is 10.8. The molecule has 0 saturated carbocycles. The van der Waals surface area contributed by atoms with Crippen LogP contribution >= 0.6 is 15.9 Å². The van der Waals surface area contributed by atoms with Crippen LogP contribution < -0.4 is 0 Å². The topological polar surface area (TPSA) is 30.7 Å². The molecule has 2 aromatic rings. The summed E-state index contributed by atoms with van der Waals surface area (Å²) in [6.45, 7) is 4.99. The van der Waals surface area contributed by atoms with E-state index in [1.54, 1.807) is 0 Å². The van der Waals surface area contributed by atoms with Crippen molar-refractivity contribution in [3.05, 3.63) is 46.0 Å². The lowest BCUT2D eigenvalue weighted by Gasteiger charge is -2.04. The fourth-order valence-electron chi connectivity index (χ4n) is 1.73. The van der Waals surface area contributed by atoms with Crippen molar-refractivity contribution >= 4 is 15.9 Å². The van der Waals surface area contributed by atoms with Gasteiger partial charge in [-0.25, -0.2) is 9.67 Å². The number of aromatic nitrogens is 3. The SMILES string of the molecule is CCc1nc(CC)n(Cc2ccc(Br)cc2)n1. The van der Waals surface area contributed by atoms with Crippen LogP contribution in [0.3, 0.4) is 0 Å². The van der Waals surface area contributed by atoms with Gasteiger partial charge in [-0.1, -0.05) is 41.9 Å². The maximum Gasteiger partial charge on any atom is 0.150 e. The van der Waals surface area contributed by atoms with Crippen molar-refractivity contribution < 1.29 is 0 Å². The maximum atomic E-state index is 4.51. The van der Waals surface area contributed by atoms with E-state index in [4.69, 9.17) is 0 Å². The van der Waals surface area contributed by atoms with Crippen LogP contribution in [0.2, 0.25) is 0 Å². The number of aryl methyl sites for hydroxylation is 2. The highest BCUT2D eigenvalue weighted by Gasteiger charge is 2.07. The van der Waals surface area contributed by atoms with E-state index in [0.29, 0.717) is 0 Å². The molecular formula is C13H16BrN3. The Bertz CT molecular complexity index is 488. The lowest BCUT2D eigenvalue weighted by molar-refractivity contribution is 0.637. The fraction of sp³-hybridized carbons (Fsp3) is 0.385. The summed E-state index contributed by atoms with van der Waals surface area (Å²) in [6, 6.07) is 8.32. The van der Waals surface area contributed by atoms with Crippen LogP contribution in [-0.2, 0) is 19.4 Å². The zero-order valence-corrected chi connectivity index (χ0v) is 11.7. The van der Waals surface area contributed by atoms with E-state index >= 15 is 0 Å². The molecule has 1 heterocycles. The first-order valence-electron chi connectivity index (χ1n) is 5.90. The Morgan fingerprint density at radius 1 is 1.12 bits per heavy atom. The van der Waals surface area contributed by atoms with Gasteiger partial charge in [-0.15, -0.1) is 0 Å². The van der Waals surface area contributed by atoms with Crippen LogP contribution in [0.1, 0.15) is 31.1 Å². The Morgan fingerprint density at radius 3 is 2.41 bits per heavy atom. The van der Waals surface area contributed by atoms with Gasteiger partial charge in [-0.2, -0.15) is 5.10 Å². The second-order valence-corrected chi connectivity index (χ2v) is 4.85. The standard InChI is InChI=1S/C13H16BrN3/c1-3-12-15-13(4-2)17(16-12)9-10-5-7-11(14)8-6-10/h5-8H,3-4,9H2,1-2H3. The van der Waals surface area contributed by atoms with Gasteiger partial charge >= 0.3 is 0 Å². The molecule has 90 valence electrons. The van der Waals surface area contributed by atoms with Gasteiger partial charge in [0.2, 0.25) is 0 Å². The molecule has 0 aliphatic rings. The quantitative estimate of drug-likeness (QED) is 0.867. The molecule has 2 rings (SSSR count). The summed E-state index contributed by atoms with van der Waals surface area (Å²) in [6.07, 6.45) is 1.81. The lowest BCUT2D eigenvalue weighted by Crippen LogP contribution is -2.06. The van der Waals surface area contributed by atoms with Gasteiger partial charge in [-0.05, 0) is 17.7 Å². The van der Waals surface area contributed by atoms with Crippen molar-refractivity contribution in [3.63, 3.8) is 0 Å². The zero-order chi connectivity index (χ0) is 12.3. The molecule has 1 aromatic carbocycles. The smallest absolute Gasteiger partial charge is 0.150 e. The summed E-state index contributed by atoms with van der Waals surface area (Å²) in [5, 5.41) is 4.51. The van der Waals surface area contributed by atoms with Gasteiger partial charge in [0, 0.05) is 17.3 Å². The molecule has 17 heavy (non-hydrogen) atoms. The van der Waals surface area contributed by atoms with Crippen LogP contribution in [0.4, 0.5) is 0 Å². The molecule has 3 nitrogen and oxygen atoms in total. The summed E-state index contributed by atoms with van der Waals surface area (Å²) < 4.78 is 3.10. The number of hydrogen-bond acceptors (Lipinski definition) is 2. The average molecular weight is 294 g/mol. The van der Waals surface area contributed by atoms with E-state index in [1.165, 1.54) is 5.56 Å². The van der Waals surface area contributed by atoms with Crippen molar-refractivity contribution in [1.82, 2.24) is 14.8 Å². The Hall–Kier alpha value is -1.16. The fourth-order valence-corrected chi connectivity index (χ4v) is 1.99. The van der Waals surface area contributed by atoms with E-state index in [9.17, 15) is 0 Å². The highest BCUT2D eigenvalue weighted by atomic mass is 79.9. The Balaban J connectivity index is 2.22. The molecule has 4 heteroatoms. The van der Waals surface area contributed by atoms with Gasteiger partial charge in [-0.3, -0.25) is 0 Å². The summed E-state index contributed by atoms with van der Waals surface area (Å²) in [5.74, 6) is 1.99. The summed E-state index contributed by atoms with van der Waals surface area (Å²) >= 11 is 3.44. The Labute approximate surface area is 110 Å². The summed E-state index contributed by atoms with van der Waals surface area (Å²) in [4.78, 5) is 4.50. The number of benzene rings is 1. The first-order chi connectivity index (χ1) is 8.22. The molecule has 0 aliphatic carbocycles. The number of nitrogens with zero attached hydrogens (tertiary/aromatic N) is 3. The van der Waals surface area contributed by atoms with Gasteiger partial charge in [0.1, 0.15) is 5.82 Å². The monoisotopic (exact) mass is 293 g/mol. The van der Waals surface area contributed by atoms with Crippen LogP contribution in [0, 0.1) is 0 Å². The zero-order valence-electron chi connectivity index (χ0n) is 10.2. The van der Waals surface area contributed by atoms with Gasteiger partial charge < -0.3 is 0 Å². The first-order valence-corrected chi connectivity index (χ1v) is 6.69. The van der Waals surface area contributed by atoms with E-state index in [1.807, 2.05) is 4.68 Å². The van der Waals surface area contributed by atoms with E-state index < -0.39 is 0 Å². The predicted molar refractivity (Wildman–Crippen MR) is 72.0 cm³/mol. The Kier molecular flexibility index (Phi) is 3.94. The van der Waals surface area contributed by atoms with Crippen LogP contribution in [0.5, 0.6) is 0 Å². The molecule has 0 amide bonds. The third-order valence-corrected chi connectivity index (χ3v) is 3.20. The second kappa shape index (κ2) is 5.45. The molecule has 0 radical (unpaired) electrons. The minimum atomic E-state index is 0.795. The van der Waals surface area contributed by atoms with Gasteiger partial charge in [0.15, 0.2) is 5.82 Å². The molecule has 0 aliphatic heterocycles. The molecule has 0 unspecified atom stereocenters. The first kappa shape index (κ1) is 12.3. The average Bonchev–Trinajstić information content (AvgIpc) is 2.74. The van der Waals surface area contributed by atoms with E-state index in [-0.39, 0.29) is 0 Å². The molecule has 0 atom stereocenters. The molecule has 0 fully saturated rings. The summed E-state index contributed by atoms with van der Waals surface area (Å²) in [5.41, 5.74) is 1.25. The molecule has 0 bridgehead atoms. The van der Waals surface area contributed by atoms with Crippen molar-refractivity contribution in [1.29, 1.82) is 0 Å². The largest absolute Gasteiger partial charge is 0.245 e. The predicted octanol–water partition coefficient (Wildman–Crippen LogP) is 3.21. The highest BCUT2D eigenvalue weighted by Crippen LogP contribution is 2.12. The number of rotatable bonds is 4. The number of hydrogen-bond donors (Lipinski definition) is 0. The van der Waals surface area contributed by atoms with Crippen LogP contribution in [0.15, 0.2) is 28.7 Å². The third-order valence-electron chi connectivity index (χ3n) is 2.67.